The van der Waals surface area contributed by atoms with E-state index in [1.807, 2.05) is 60.7 Å². The van der Waals surface area contributed by atoms with Crippen LogP contribution in [-0.2, 0) is 16.2 Å². The van der Waals surface area contributed by atoms with Gasteiger partial charge in [0.25, 0.3) is 0 Å². The second-order valence-electron chi connectivity index (χ2n) is 7.16. The number of carbonyl (C=O) groups is 2. The quantitative estimate of drug-likeness (QED) is 0.238. The standard InChI is InChI=1S/C26H20ClN3O3/c27-21-12-8-19(9-13-21)17-33-22-14-10-18(11-15-22)16-28-30-26(32)25(31)29-24-7-3-5-20-4-1-2-6-23(20)24/h1-16H,17H2,(H,29,31)(H,30,32)/b28-16-. The summed E-state index contributed by atoms with van der Waals surface area (Å²) in [6, 6.07) is 27.7. The zero-order chi connectivity index (χ0) is 23.0. The number of nitrogens with zero attached hydrogens (tertiary/aromatic N) is 1. The van der Waals surface area contributed by atoms with Crippen molar-refractivity contribution in [3.05, 3.63) is 107 Å². The van der Waals surface area contributed by atoms with Crippen LogP contribution in [-0.4, -0.2) is 18.0 Å². The van der Waals surface area contributed by atoms with Gasteiger partial charge in [-0.2, -0.15) is 5.10 Å². The van der Waals surface area contributed by atoms with Gasteiger partial charge in [-0.1, -0.05) is 60.1 Å². The van der Waals surface area contributed by atoms with E-state index in [9.17, 15) is 9.59 Å². The minimum Gasteiger partial charge on any atom is -0.489 e. The molecule has 4 aromatic carbocycles. The minimum atomic E-state index is -0.859. The maximum atomic E-state index is 12.2. The third-order valence-corrected chi connectivity index (χ3v) is 5.07. The minimum absolute atomic E-state index is 0.423. The molecule has 0 aliphatic heterocycles. The summed E-state index contributed by atoms with van der Waals surface area (Å²) in [5.41, 5.74) is 4.55. The molecule has 0 saturated heterocycles. The Bertz CT molecular complexity index is 1300. The normalized spacial score (nSPS) is 10.8. The Hall–Kier alpha value is -4.16. The molecule has 0 fully saturated rings. The molecule has 2 amide bonds. The van der Waals surface area contributed by atoms with Gasteiger partial charge < -0.3 is 10.1 Å². The van der Waals surface area contributed by atoms with Crippen LogP contribution in [0, 0.1) is 0 Å². The number of halogens is 1. The molecule has 0 heterocycles. The Balaban J connectivity index is 1.28. The van der Waals surface area contributed by atoms with Crippen molar-refractivity contribution in [1.82, 2.24) is 5.43 Å². The lowest BCUT2D eigenvalue weighted by Crippen LogP contribution is -2.32. The fourth-order valence-electron chi connectivity index (χ4n) is 3.13. The van der Waals surface area contributed by atoms with Crippen molar-refractivity contribution in [2.75, 3.05) is 5.32 Å². The van der Waals surface area contributed by atoms with E-state index in [1.54, 1.807) is 30.3 Å². The van der Waals surface area contributed by atoms with Crippen LogP contribution in [0.4, 0.5) is 5.69 Å². The summed E-state index contributed by atoms with van der Waals surface area (Å²) < 4.78 is 5.74. The van der Waals surface area contributed by atoms with Crippen LogP contribution in [0.1, 0.15) is 11.1 Å². The molecule has 0 aliphatic carbocycles. The van der Waals surface area contributed by atoms with Gasteiger partial charge in [0.05, 0.1) is 6.21 Å². The Labute approximate surface area is 195 Å². The van der Waals surface area contributed by atoms with Crippen molar-refractivity contribution in [3.63, 3.8) is 0 Å². The molecule has 0 radical (unpaired) electrons. The maximum absolute atomic E-state index is 12.2. The van der Waals surface area contributed by atoms with E-state index < -0.39 is 11.8 Å². The van der Waals surface area contributed by atoms with Crippen molar-refractivity contribution < 1.29 is 14.3 Å². The first kappa shape index (κ1) is 22.0. The van der Waals surface area contributed by atoms with Crippen LogP contribution in [0.3, 0.4) is 0 Å². The predicted molar refractivity (Wildman–Crippen MR) is 131 cm³/mol. The van der Waals surface area contributed by atoms with Gasteiger partial charge in [0.15, 0.2) is 0 Å². The zero-order valence-corrected chi connectivity index (χ0v) is 18.3. The molecule has 0 aromatic heterocycles. The molecule has 4 rings (SSSR count). The number of hydrogen-bond donors (Lipinski definition) is 2. The molecule has 0 bridgehead atoms. The number of nitrogens with one attached hydrogen (secondary N) is 2. The molecule has 0 aliphatic rings. The smallest absolute Gasteiger partial charge is 0.329 e. The van der Waals surface area contributed by atoms with Gasteiger partial charge in [-0.3, -0.25) is 9.59 Å². The molecule has 2 N–H and O–H groups in total. The van der Waals surface area contributed by atoms with Gasteiger partial charge in [-0.25, -0.2) is 5.43 Å². The van der Waals surface area contributed by atoms with Crippen LogP contribution in [0.5, 0.6) is 5.75 Å². The van der Waals surface area contributed by atoms with E-state index in [0.717, 1.165) is 21.9 Å². The van der Waals surface area contributed by atoms with Gasteiger partial charge in [-0.15, -0.1) is 0 Å². The van der Waals surface area contributed by atoms with E-state index in [1.165, 1.54) is 6.21 Å². The van der Waals surface area contributed by atoms with Crippen molar-refractivity contribution in [3.8, 4) is 5.75 Å². The first-order valence-electron chi connectivity index (χ1n) is 10.2. The molecule has 7 heteroatoms. The SMILES string of the molecule is O=C(N/N=C\c1ccc(OCc2ccc(Cl)cc2)cc1)C(=O)Nc1cccc2ccccc12. The zero-order valence-electron chi connectivity index (χ0n) is 17.5. The number of carbonyl (C=O) groups excluding carboxylic acids is 2. The number of ether oxygens (including phenoxy) is 1. The Kier molecular flexibility index (Phi) is 6.97. The van der Waals surface area contributed by atoms with Crippen LogP contribution in [0.15, 0.2) is 96.1 Å². The highest BCUT2D eigenvalue weighted by molar-refractivity contribution is 6.40. The number of anilines is 1. The van der Waals surface area contributed by atoms with E-state index in [4.69, 9.17) is 16.3 Å². The summed E-state index contributed by atoms with van der Waals surface area (Å²) >= 11 is 5.88. The number of rotatable bonds is 6. The molecule has 0 spiro atoms. The fraction of sp³-hybridized carbons (Fsp3) is 0.0385. The summed E-state index contributed by atoms with van der Waals surface area (Å²) in [5, 5.41) is 8.98. The van der Waals surface area contributed by atoms with Crippen LogP contribution in [0.25, 0.3) is 10.8 Å². The van der Waals surface area contributed by atoms with Crippen LogP contribution >= 0.6 is 11.6 Å². The Morgan fingerprint density at radius 1 is 0.848 bits per heavy atom. The number of amides is 2. The molecule has 164 valence electrons. The average molecular weight is 458 g/mol. The van der Waals surface area contributed by atoms with Crippen molar-refractivity contribution in [2.24, 2.45) is 5.10 Å². The van der Waals surface area contributed by atoms with Gasteiger partial charge >= 0.3 is 11.8 Å². The first-order valence-corrected chi connectivity index (χ1v) is 10.6. The monoisotopic (exact) mass is 457 g/mol. The van der Waals surface area contributed by atoms with Gasteiger partial charge in [0.1, 0.15) is 12.4 Å². The molecular formula is C26H20ClN3O3. The fourth-order valence-corrected chi connectivity index (χ4v) is 3.25. The second kappa shape index (κ2) is 10.4. The number of hydrazone groups is 1. The van der Waals surface area contributed by atoms with E-state index in [-0.39, 0.29) is 0 Å². The number of fused-ring (bicyclic) bond motifs is 1. The number of hydrogen-bond acceptors (Lipinski definition) is 4. The number of benzene rings is 4. The van der Waals surface area contributed by atoms with Crippen LogP contribution in [0.2, 0.25) is 5.02 Å². The molecule has 6 nitrogen and oxygen atoms in total. The highest BCUT2D eigenvalue weighted by Crippen LogP contribution is 2.22. The lowest BCUT2D eigenvalue weighted by Gasteiger charge is -2.08. The average Bonchev–Trinajstić information content (AvgIpc) is 2.84. The first-order chi connectivity index (χ1) is 16.1. The summed E-state index contributed by atoms with van der Waals surface area (Å²) in [4.78, 5) is 24.3. The highest BCUT2D eigenvalue weighted by Gasteiger charge is 2.14. The van der Waals surface area contributed by atoms with E-state index >= 15 is 0 Å². The lowest BCUT2D eigenvalue weighted by atomic mass is 10.1. The summed E-state index contributed by atoms with van der Waals surface area (Å²) in [6.07, 6.45) is 1.45. The molecule has 0 saturated carbocycles. The third-order valence-electron chi connectivity index (χ3n) is 4.82. The molecule has 0 atom stereocenters. The topological polar surface area (TPSA) is 79.8 Å². The predicted octanol–water partition coefficient (Wildman–Crippen LogP) is 5.16. The lowest BCUT2D eigenvalue weighted by molar-refractivity contribution is -0.136. The maximum Gasteiger partial charge on any atom is 0.329 e. The largest absolute Gasteiger partial charge is 0.489 e. The molecular weight excluding hydrogens is 438 g/mol. The van der Waals surface area contributed by atoms with E-state index in [2.05, 4.69) is 15.8 Å². The highest BCUT2D eigenvalue weighted by atomic mass is 35.5. The van der Waals surface area contributed by atoms with Crippen molar-refractivity contribution >= 4 is 46.1 Å². The summed E-state index contributed by atoms with van der Waals surface area (Å²) in [7, 11) is 0. The summed E-state index contributed by atoms with van der Waals surface area (Å²) in [6.45, 7) is 0.423. The third kappa shape index (κ3) is 5.96. The van der Waals surface area contributed by atoms with Crippen molar-refractivity contribution in [2.45, 2.75) is 6.61 Å². The molecule has 0 unspecified atom stereocenters. The van der Waals surface area contributed by atoms with Gasteiger partial charge in [0, 0.05) is 16.1 Å². The summed E-state index contributed by atoms with van der Waals surface area (Å²) in [5.74, 6) is -0.961. The molecule has 33 heavy (non-hydrogen) atoms. The second-order valence-corrected chi connectivity index (χ2v) is 7.60. The molecule has 4 aromatic rings. The van der Waals surface area contributed by atoms with Crippen LogP contribution < -0.4 is 15.5 Å². The van der Waals surface area contributed by atoms with Gasteiger partial charge in [-0.05, 0) is 59.0 Å². The Morgan fingerprint density at radius 3 is 2.36 bits per heavy atom. The van der Waals surface area contributed by atoms with E-state index in [0.29, 0.717) is 23.1 Å². The Morgan fingerprint density at radius 2 is 1.58 bits per heavy atom. The van der Waals surface area contributed by atoms with Gasteiger partial charge in [0.2, 0.25) is 0 Å². The van der Waals surface area contributed by atoms with Crippen molar-refractivity contribution in [1.29, 1.82) is 0 Å².